The summed E-state index contributed by atoms with van der Waals surface area (Å²) in [7, 11) is 1.84. The molecule has 0 aliphatic heterocycles. The fourth-order valence-corrected chi connectivity index (χ4v) is 5.37. The summed E-state index contributed by atoms with van der Waals surface area (Å²) in [6.45, 7) is 10.4. The second-order valence-electron chi connectivity index (χ2n) is 9.33. The van der Waals surface area contributed by atoms with Crippen LogP contribution in [-0.4, -0.2) is 47.4 Å². The number of hydrogen-bond acceptors (Lipinski definition) is 6. The van der Waals surface area contributed by atoms with Gasteiger partial charge in [-0.05, 0) is 64.4 Å². The first-order valence-corrected chi connectivity index (χ1v) is 12.7. The molecule has 0 fully saturated rings. The number of fused-ring (bicyclic) bond motifs is 1. The molecule has 8 nitrogen and oxygen atoms in total. The van der Waals surface area contributed by atoms with E-state index in [1.807, 2.05) is 49.0 Å². The van der Waals surface area contributed by atoms with Crippen LogP contribution in [-0.2, 0) is 0 Å². The molecule has 0 aliphatic carbocycles. The van der Waals surface area contributed by atoms with E-state index in [-0.39, 0.29) is 18.0 Å². The van der Waals surface area contributed by atoms with E-state index in [1.54, 1.807) is 33.4 Å². The van der Waals surface area contributed by atoms with Crippen LogP contribution in [0.25, 0.3) is 28.0 Å². The molecular weight excluding hydrogens is 470 g/mol. The molecule has 5 rings (SSSR count). The molecule has 0 aliphatic rings. The van der Waals surface area contributed by atoms with Gasteiger partial charge in [-0.3, -0.25) is 4.79 Å². The lowest BCUT2D eigenvalue weighted by Gasteiger charge is -2.26. The summed E-state index contributed by atoms with van der Waals surface area (Å²) < 4.78 is 3.59. The maximum Gasteiger partial charge on any atom is 0.254 e. The summed E-state index contributed by atoms with van der Waals surface area (Å²) in [5, 5.41) is 9.51. The van der Waals surface area contributed by atoms with Crippen LogP contribution < -0.4 is 0 Å². The van der Waals surface area contributed by atoms with Gasteiger partial charge in [-0.1, -0.05) is 12.1 Å². The van der Waals surface area contributed by atoms with E-state index in [2.05, 4.69) is 48.9 Å². The number of nitrogens with zero attached hydrogens (tertiary/aromatic N) is 7. The van der Waals surface area contributed by atoms with Crippen molar-refractivity contribution in [2.24, 2.45) is 0 Å². The first-order chi connectivity index (χ1) is 17.2. The SMILES string of the molecule is Cc1cc(-c2cc(C(=O)N(C)[C@H](C)c3ccc(-n4cncn4)cc3)c3cnn(C(C)C)c3n2)c(C)s1. The molecule has 0 N–H and O–H groups in total. The van der Waals surface area contributed by atoms with Gasteiger partial charge in [0, 0.05) is 28.4 Å². The predicted octanol–water partition coefficient (Wildman–Crippen LogP) is 5.77. The summed E-state index contributed by atoms with van der Waals surface area (Å²) in [5.41, 5.74) is 5.15. The minimum absolute atomic E-state index is 0.0654. The van der Waals surface area contributed by atoms with E-state index in [4.69, 9.17) is 4.98 Å². The number of aryl methyl sites for hydroxylation is 2. The summed E-state index contributed by atoms with van der Waals surface area (Å²) in [5.74, 6) is -0.0654. The number of pyridine rings is 1. The molecule has 5 aromatic rings. The average Bonchev–Trinajstić information content (AvgIpc) is 3.62. The summed E-state index contributed by atoms with van der Waals surface area (Å²) in [6, 6.07) is 12.1. The fraction of sp³-hybridized carbons (Fsp3) is 0.296. The van der Waals surface area contributed by atoms with E-state index in [0.29, 0.717) is 5.56 Å². The van der Waals surface area contributed by atoms with Crippen LogP contribution >= 0.6 is 11.3 Å². The summed E-state index contributed by atoms with van der Waals surface area (Å²) >= 11 is 1.74. The van der Waals surface area contributed by atoms with Crippen LogP contribution in [0.5, 0.6) is 0 Å². The number of hydrogen-bond donors (Lipinski definition) is 0. The van der Waals surface area contributed by atoms with E-state index in [0.717, 1.165) is 33.5 Å². The maximum atomic E-state index is 13.9. The van der Waals surface area contributed by atoms with E-state index in [1.165, 1.54) is 16.1 Å². The Kier molecular flexibility index (Phi) is 6.17. The Balaban J connectivity index is 1.53. The quantitative estimate of drug-likeness (QED) is 0.296. The van der Waals surface area contributed by atoms with Gasteiger partial charge in [0.15, 0.2) is 5.65 Å². The smallest absolute Gasteiger partial charge is 0.254 e. The highest BCUT2D eigenvalue weighted by atomic mass is 32.1. The Morgan fingerprint density at radius 2 is 1.81 bits per heavy atom. The molecule has 36 heavy (non-hydrogen) atoms. The molecular formula is C27H29N7OS. The molecule has 0 radical (unpaired) electrons. The van der Waals surface area contributed by atoms with Crippen LogP contribution in [0.15, 0.2) is 55.2 Å². The van der Waals surface area contributed by atoms with Gasteiger partial charge in [0.25, 0.3) is 5.91 Å². The summed E-state index contributed by atoms with van der Waals surface area (Å²) in [6.07, 6.45) is 4.93. The number of rotatable bonds is 6. The van der Waals surface area contributed by atoms with Gasteiger partial charge in [0.05, 0.1) is 34.6 Å². The fourth-order valence-electron chi connectivity index (χ4n) is 4.43. The molecule has 0 spiro atoms. The van der Waals surface area contributed by atoms with E-state index < -0.39 is 0 Å². The lowest BCUT2D eigenvalue weighted by Crippen LogP contribution is -2.30. The van der Waals surface area contributed by atoms with Gasteiger partial charge in [-0.25, -0.2) is 19.3 Å². The van der Waals surface area contributed by atoms with Crippen molar-refractivity contribution in [3.8, 4) is 16.9 Å². The summed E-state index contributed by atoms with van der Waals surface area (Å²) in [4.78, 5) is 27.1. The van der Waals surface area contributed by atoms with E-state index >= 15 is 0 Å². The minimum atomic E-state index is -0.140. The van der Waals surface area contributed by atoms with Crippen molar-refractivity contribution in [1.82, 2.24) is 34.4 Å². The molecule has 9 heteroatoms. The number of benzene rings is 1. The van der Waals surface area contributed by atoms with Gasteiger partial charge < -0.3 is 4.90 Å². The lowest BCUT2D eigenvalue weighted by molar-refractivity contribution is 0.0744. The lowest BCUT2D eigenvalue weighted by atomic mass is 10.0. The Hall–Kier alpha value is -3.85. The molecule has 184 valence electrons. The second kappa shape index (κ2) is 9.31. The number of carbonyl (C=O) groups excluding carboxylic acids is 1. The molecule has 4 aromatic heterocycles. The zero-order valence-corrected chi connectivity index (χ0v) is 22.1. The standard InChI is InChI=1S/C27H29N7OS/c1-16(2)34-26-24(13-29-34)23(12-25(31-26)22-11-17(3)36-19(22)5)27(35)32(6)18(4)20-7-9-21(10-8-20)33-15-28-14-30-33/h7-16,18H,1-6H3/t18-/m1/s1. The second-order valence-corrected chi connectivity index (χ2v) is 10.8. The Bertz CT molecular complexity index is 1530. The van der Waals surface area contributed by atoms with Crippen molar-refractivity contribution in [2.45, 2.75) is 46.7 Å². The third kappa shape index (κ3) is 4.19. The Morgan fingerprint density at radius 3 is 2.42 bits per heavy atom. The molecule has 4 heterocycles. The average molecular weight is 500 g/mol. The number of thiophene rings is 1. The van der Waals surface area contributed by atoms with Crippen molar-refractivity contribution < 1.29 is 4.79 Å². The topological polar surface area (TPSA) is 81.7 Å². The molecule has 0 bridgehead atoms. The predicted molar refractivity (Wildman–Crippen MR) is 143 cm³/mol. The zero-order chi connectivity index (χ0) is 25.6. The highest BCUT2D eigenvalue weighted by Gasteiger charge is 2.25. The van der Waals surface area contributed by atoms with Gasteiger partial charge in [-0.15, -0.1) is 11.3 Å². The Labute approximate surface area is 214 Å². The van der Waals surface area contributed by atoms with Crippen molar-refractivity contribution >= 4 is 28.3 Å². The van der Waals surface area contributed by atoms with Gasteiger partial charge in [0.1, 0.15) is 12.7 Å². The van der Waals surface area contributed by atoms with Gasteiger partial charge >= 0.3 is 0 Å². The first kappa shape index (κ1) is 23.9. The monoisotopic (exact) mass is 499 g/mol. The van der Waals surface area contributed by atoms with Crippen molar-refractivity contribution in [1.29, 1.82) is 0 Å². The minimum Gasteiger partial charge on any atom is -0.335 e. The molecule has 0 saturated heterocycles. The molecule has 1 atom stereocenters. The zero-order valence-electron chi connectivity index (χ0n) is 21.3. The third-order valence-electron chi connectivity index (χ3n) is 6.56. The van der Waals surface area contributed by atoms with E-state index in [9.17, 15) is 4.79 Å². The highest BCUT2D eigenvalue weighted by molar-refractivity contribution is 7.12. The van der Waals surface area contributed by atoms with Gasteiger partial charge in [0.2, 0.25) is 0 Å². The molecule has 0 unspecified atom stereocenters. The molecule has 1 amide bonds. The van der Waals surface area contributed by atoms with Crippen LogP contribution in [0.4, 0.5) is 0 Å². The van der Waals surface area contributed by atoms with Gasteiger partial charge in [-0.2, -0.15) is 10.2 Å². The molecule has 1 aromatic carbocycles. The Morgan fingerprint density at radius 1 is 1.06 bits per heavy atom. The van der Waals surface area contributed by atoms with Crippen molar-refractivity contribution in [3.63, 3.8) is 0 Å². The van der Waals surface area contributed by atoms with Crippen LogP contribution in [0.3, 0.4) is 0 Å². The van der Waals surface area contributed by atoms with Crippen LogP contribution in [0, 0.1) is 13.8 Å². The van der Waals surface area contributed by atoms with Crippen molar-refractivity contribution in [3.05, 3.63) is 76.1 Å². The first-order valence-electron chi connectivity index (χ1n) is 11.9. The maximum absolute atomic E-state index is 13.9. The number of aromatic nitrogens is 6. The normalized spacial score (nSPS) is 12.4. The van der Waals surface area contributed by atoms with Crippen LogP contribution in [0.1, 0.15) is 58.5 Å². The van der Waals surface area contributed by atoms with Crippen molar-refractivity contribution in [2.75, 3.05) is 7.05 Å². The van der Waals surface area contributed by atoms with Crippen LogP contribution in [0.2, 0.25) is 0 Å². The third-order valence-corrected chi connectivity index (χ3v) is 7.53. The highest BCUT2D eigenvalue weighted by Crippen LogP contribution is 2.33. The molecule has 0 saturated carbocycles. The largest absolute Gasteiger partial charge is 0.335 e. The number of carbonyl (C=O) groups is 1. The number of amides is 1.